The van der Waals surface area contributed by atoms with Crippen LogP contribution in [0, 0.1) is 76.1 Å². The Morgan fingerprint density at radius 1 is 0.438 bits per heavy atom. The average Bonchev–Trinajstić information content (AvgIpc) is 1.24. The molecule has 0 aliphatic rings. The molecule has 9 aromatic heterocycles. The van der Waals surface area contributed by atoms with Crippen molar-refractivity contribution < 1.29 is 75.6 Å². The molecule has 30 heteroatoms. The van der Waals surface area contributed by atoms with Crippen molar-refractivity contribution >= 4 is 113 Å². The van der Waals surface area contributed by atoms with Crippen molar-refractivity contribution in [3.05, 3.63) is 347 Å². The van der Waals surface area contributed by atoms with Gasteiger partial charge in [0.15, 0.2) is 0 Å². The van der Waals surface area contributed by atoms with Crippen molar-refractivity contribution in [2.45, 2.75) is 186 Å². The fraction of sp³-hybridized carbons (Fsp3) is 0.320. The SMILES string of the molecule is Br.Br.Br.C#CCCc1ccnc(C)c1.C#CCCc1ccnc(C)c1.C#CCCc1ccnc(P(c2ccccc2)c2ccccc2)c1.CC(C)(C)C.CC(C)C(O)CO.CCN=[N+]=[N-].CCn1cc(CCc2ccnc(P(c3ccccc3)c3ccccc3)c2)nn1.[CH2-]c1cc(CCc2cn(CC)nn2)ccn1.[CH2-]c1cc(CCc2cn(CC)nn2)ccn1.[Cu].[Cu].[Cu].[Cu][Br]. The maximum absolute atomic E-state index is 8.69. The van der Waals surface area contributed by atoms with E-state index in [1.807, 2.05) is 122 Å². The van der Waals surface area contributed by atoms with Gasteiger partial charge in [0.25, 0.3) is 0 Å². The first-order chi connectivity index (χ1) is 60.0. The molecule has 130 heavy (non-hydrogen) atoms. The second-order valence-corrected chi connectivity index (χ2v) is 34.2. The van der Waals surface area contributed by atoms with Gasteiger partial charge in [0.05, 0.1) is 40.7 Å². The molecule has 0 aliphatic heterocycles. The zero-order valence-corrected chi connectivity index (χ0v) is 88.4. The number of hydrogen-bond donors (Lipinski definition) is 2. The summed E-state index contributed by atoms with van der Waals surface area (Å²) in [5.41, 5.74) is 24.7. The number of aromatic nitrogens is 15. The van der Waals surface area contributed by atoms with Crippen molar-refractivity contribution in [3.8, 4) is 37.0 Å². The number of hydrogen-bond acceptors (Lipinski definition) is 15. The molecule has 711 valence electrons. The molecule has 0 saturated heterocycles. The molecule has 1 atom stereocenters. The summed E-state index contributed by atoms with van der Waals surface area (Å²) in [6.45, 7) is 35.0. The molecule has 1 unspecified atom stereocenters. The van der Waals surface area contributed by atoms with E-state index < -0.39 is 21.9 Å². The summed E-state index contributed by atoms with van der Waals surface area (Å²) >= 11 is 6.50. The summed E-state index contributed by atoms with van der Waals surface area (Å²) in [5.74, 6) is 8.11. The van der Waals surface area contributed by atoms with Gasteiger partial charge in [-0.15, -0.1) is 126 Å². The number of aliphatic hydroxyl groups excluding tert-OH is 2. The number of benzene rings is 4. The topological polar surface area (TPSA) is 259 Å². The van der Waals surface area contributed by atoms with Gasteiger partial charge in [-0.2, -0.15) is 12.1 Å². The number of pyridine rings is 6. The quantitative estimate of drug-likeness (QED) is 0.00923. The van der Waals surface area contributed by atoms with Crippen molar-refractivity contribution in [1.82, 2.24) is 74.9 Å². The zero-order valence-electron chi connectivity index (χ0n) is 76.1. The number of terminal acetylenes is 3. The minimum absolute atomic E-state index is 0. The van der Waals surface area contributed by atoms with Crippen LogP contribution >= 0.6 is 80.9 Å². The van der Waals surface area contributed by atoms with E-state index in [-0.39, 0.29) is 115 Å². The van der Waals surface area contributed by atoms with Crippen LogP contribution in [0.5, 0.6) is 0 Å². The van der Waals surface area contributed by atoms with E-state index in [1.54, 1.807) is 19.3 Å². The number of nitrogens with zero attached hydrogens (tertiary/aromatic N) is 18. The van der Waals surface area contributed by atoms with Crippen LogP contribution in [0.1, 0.15) is 162 Å². The summed E-state index contributed by atoms with van der Waals surface area (Å²) in [6.07, 6.45) is 43.0. The predicted molar refractivity (Wildman–Crippen MR) is 545 cm³/mol. The Morgan fingerprint density at radius 3 is 0.915 bits per heavy atom. The summed E-state index contributed by atoms with van der Waals surface area (Å²) in [4.78, 5) is 28.2. The molecular weight excluding hydrogens is 2120 g/mol. The first kappa shape index (κ1) is 126. The van der Waals surface area contributed by atoms with E-state index >= 15 is 0 Å². The van der Waals surface area contributed by atoms with Gasteiger partial charge in [-0.05, 0) is 201 Å². The second-order valence-electron chi connectivity index (χ2n) is 29.8. The van der Waals surface area contributed by atoms with E-state index in [4.69, 9.17) is 40.0 Å². The van der Waals surface area contributed by atoms with Gasteiger partial charge in [-0.3, -0.25) is 43.9 Å². The number of aryl methyl sites for hydroxylation is 14. The molecule has 0 fully saturated rings. The summed E-state index contributed by atoms with van der Waals surface area (Å²) in [6, 6.07) is 67.4. The van der Waals surface area contributed by atoms with E-state index in [9.17, 15) is 0 Å². The van der Waals surface area contributed by atoms with Gasteiger partial charge in [0.1, 0.15) is 0 Å². The minimum atomic E-state index is -0.669. The van der Waals surface area contributed by atoms with E-state index in [0.717, 1.165) is 147 Å². The van der Waals surface area contributed by atoms with Crippen molar-refractivity contribution in [3.63, 3.8) is 0 Å². The molecule has 0 aliphatic carbocycles. The van der Waals surface area contributed by atoms with Crippen LogP contribution in [0.2, 0.25) is 0 Å². The molecular formula is C100H125Br4Cu4N18O2P2-2. The molecule has 13 rings (SSSR count). The van der Waals surface area contributed by atoms with E-state index in [2.05, 4.69) is 332 Å². The molecule has 0 amide bonds. The van der Waals surface area contributed by atoms with Gasteiger partial charge in [-0.25, -0.2) is 13.8 Å². The Morgan fingerprint density at radius 2 is 0.700 bits per heavy atom. The molecule has 3 radical (unpaired) electrons. The van der Waals surface area contributed by atoms with E-state index in [1.165, 1.54) is 54.6 Å². The fourth-order valence-corrected chi connectivity index (χ4v) is 15.6. The molecule has 0 bridgehead atoms. The number of azide groups is 1. The van der Waals surface area contributed by atoms with Crippen LogP contribution in [0.3, 0.4) is 0 Å². The molecule has 0 saturated carbocycles. The standard InChI is InChI=1S/C23H23N4P.C21H18NP.2C12H15N4.2C10H11N.C5H12O2.C5H12.C2H5N3.4BrH.4Cu/c1-2-27-18-20(25-26-27)14-13-19-15-16-24-23(17-19)28(21-9-5-3-6-10-21)22-11-7-4-8-12-22;1-2-3-10-18-15-16-22-21(17-18)23(19-11-6-4-7-12-19)20-13-8-5-9-14-20;2*1-3-16-9-12(14-15-16)5-4-11-6-7-13-10(2)8-11;2*1-3-4-5-10-6-7-11-9(2)8-10;1-4(2)5(7)3-6;1-5(2,3)4;1-2-4-5-3;;;;;;;;/h3-12,15-18H,2,13-14H2,1H3;1,4-9,11-17H,3,10H2;2*6-9H,2-5H2,1H3;2*1,6-8H,4-5H2,2H3;4-7H,3H2,1-2H3;1-4H3;2H2,1H3;4*1H;;;;/q;;2*-1;;;;;;;;;;;;;+1/p-1. The average molecular weight is 2250 g/mol. The van der Waals surface area contributed by atoms with Gasteiger partial charge < -0.3 is 10.2 Å². The first-order valence-corrected chi connectivity index (χ1v) is 46.5. The summed E-state index contributed by atoms with van der Waals surface area (Å²) in [5, 5.41) is 50.0. The summed E-state index contributed by atoms with van der Waals surface area (Å²) in [7, 11) is -1.31. The third-order valence-electron chi connectivity index (χ3n) is 17.4. The van der Waals surface area contributed by atoms with Crippen LogP contribution in [-0.2, 0) is 143 Å². The van der Waals surface area contributed by atoms with Crippen LogP contribution < -0.4 is 32.1 Å². The van der Waals surface area contributed by atoms with Crippen molar-refractivity contribution in [2.75, 3.05) is 13.2 Å². The van der Waals surface area contributed by atoms with Gasteiger partial charge in [-0.1, -0.05) is 203 Å². The molecule has 20 nitrogen and oxygen atoms in total. The molecule has 4 aromatic carbocycles. The fourth-order valence-electron chi connectivity index (χ4n) is 11.1. The summed E-state index contributed by atoms with van der Waals surface area (Å²) < 4.78 is 5.56. The van der Waals surface area contributed by atoms with Gasteiger partial charge >= 0.3 is 28.3 Å². The third-order valence-corrected chi connectivity index (χ3v) is 22.1. The van der Waals surface area contributed by atoms with Crippen LogP contribution in [0.25, 0.3) is 10.4 Å². The Hall–Kier alpha value is -8.29. The normalized spacial score (nSPS) is 9.92. The maximum atomic E-state index is 8.69. The number of aliphatic hydroxyl groups is 2. The molecule has 2 N–H and O–H groups in total. The van der Waals surface area contributed by atoms with Gasteiger partial charge in [0.2, 0.25) is 0 Å². The number of halogens is 4. The zero-order chi connectivity index (χ0) is 90.5. The Labute approximate surface area is 855 Å². The van der Waals surface area contributed by atoms with Crippen LogP contribution in [-0.4, -0.2) is 104 Å². The van der Waals surface area contributed by atoms with Crippen molar-refractivity contribution in [1.29, 1.82) is 0 Å². The molecule has 0 spiro atoms. The molecule has 13 aromatic rings. The van der Waals surface area contributed by atoms with E-state index in [0.29, 0.717) is 12.0 Å². The monoisotopic (exact) mass is 2240 g/mol. The molecule has 9 heterocycles. The Bertz CT molecular complexity index is 5020. The van der Waals surface area contributed by atoms with Crippen LogP contribution in [0.4, 0.5) is 0 Å². The van der Waals surface area contributed by atoms with Crippen molar-refractivity contribution in [2.24, 2.45) is 16.4 Å². The van der Waals surface area contributed by atoms with Crippen LogP contribution in [0.15, 0.2) is 255 Å². The second kappa shape index (κ2) is 76.2. The van der Waals surface area contributed by atoms with Gasteiger partial charge in [0, 0.05) is 185 Å². The Balaban J connectivity index is -0.00000145. The first-order valence-electron chi connectivity index (χ1n) is 41.5. The Kier molecular flexibility index (Phi) is 73.7. The predicted octanol–water partition coefficient (Wildman–Crippen LogP) is 19.8. The number of rotatable bonds is 27. The third kappa shape index (κ3) is 54.6.